The van der Waals surface area contributed by atoms with Crippen molar-refractivity contribution in [3.63, 3.8) is 0 Å². The lowest BCUT2D eigenvalue weighted by Crippen LogP contribution is -2.33. The summed E-state index contributed by atoms with van der Waals surface area (Å²) in [6.45, 7) is 2.50. The molecule has 0 rings (SSSR count). The zero-order valence-electron chi connectivity index (χ0n) is 7.50. The van der Waals surface area contributed by atoms with Crippen LogP contribution < -0.4 is 5.32 Å². The highest BCUT2D eigenvalue weighted by Gasteiger charge is 2.08. The molecule has 0 aliphatic carbocycles. The molecule has 0 spiro atoms. The molecule has 4 heteroatoms. The van der Waals surface area contributed by atoms with Gasteiger partial charge in [-0.25, -0.2) is 8.42 Å². The van der Waals surface area contributed by atoms with Gasteiger partial charge in [-0.3, -0.25) is 0 Å². The van der Waals surface area contributed by atoms with E-state index < -0.39 is 9.84 Å². The van der Waals surface area contributed by atoms with Crippen molar-refractivity contribution in [3.8, 4) is 12.3 Å². The molecule has 0 aromatic rings. The van der Waals surface area contributed by atoms with E-state index in [4.69, 9.17) is 6.42 Å². The quantitative estimate of drug-likeness (QED) is 0.490. The van der Waals surface area contributed by atoms with Crippen LogP contribution in [-0.2, 0) is 9.84 Å². The van der Waals surface area contributed by atoms with E-state index in [1.165, 1.54) is 6.26 Å². The lowest BCUT2D eigenvalue weighted by Gasteiger charge is -2.10. The first-order chi connectivity index (χ1) is 5.45. The average Bonchev–Trinajstić information content (AvgIpc) is 1.84. The van der Waals surface area contributed by atoms with Crippen molar-refractivity contribution >= 4 is 9.84 Å². The average molecular weight is 189 g/mol. The van der Waals surface area contributed by atoms with Crippen LogP contribution in [-0.4, -0.2) is 33.0 Å². The smallest absolute Gasteiger partial charge is 0.148 e. The van der Waals surface area contributed by atoms with Gasteiger partial charge in [-0.05, 0) is 6.92 Å². The minimum atomic E-state index is -2.87. The maximum Gasteiger partial charge on any atom is 0.148 e. The highest BCUT2D eigenvalue weighted by Crippen LogP contribution is 1.89. The summed E-state index contributed by atoms with van der Waals surface area (Å²) >= 11 is 0. The summed E-state index contributed by atoms with van der Waals surface area (Å²) < 4.78 is 21.6. The van der Waals surface area contributed by atoms with Crippen LogP contribution in [0.1, 0.15) is 13.3 Å². The van der Waals surface area contributed by atoms with Crippen molar-refractivity contribution in [1.82, 2.24) is 5.32 Å². The van der Waals surface area contributed by atoms with E-state index in [1.54, 1.807) is 0 Å². The number of nitrogens with one attached hydrogen (secondary N) is 1. The Kier molecular flexibility index (Phi) is 4.95. The van der Waals surface area contributed by atoms with Crippen LogP contribution in [0.4, 0.5) is 0 Å². The summed E-state index contributed by atoms with van der Waals surface area (Å²) in [6.07, 6.45) is 6.90. The van der Waals surface area contributed by atoms with Crippen molar-refractivity contribution in [2.45, 2.75) is 19.4 Å². The van der Waals surface area contributed by atoms with E-state index in [0.717, 1.165) is 0 Å². The van der Waals surface area contributed by atoms with E-state index in [-0.39, 0.29) is 11.8 Å². The molecule has 0 radical (unpaired) electrons. The second-order valence-electron chi connectivity index (χ2n) is 2.90. The number of terminal acetylenes is 1. The van der Waals surface area contributed by atoms with Crippen LogP contribution in [0.2, 0.25) is 0 Å². The number of sulfone groups is 1. The van der Waals surface area contributed by atoms with Crippen molar-refractivity contribution in [2.24, 2.45) is 0 Å². The second-order valence-corrected chi connectivity index (χ2v) is 5.09. The van der Waals surface area contributed by atoms with Gasteiger partial charge in [-0.1, -0.05) is 0 Å². The highest BCUT2D eigenvalue weighted by molar-refractivity contribution is 7.90. The third-order valence-electron chi connectivity index (χ3n) is 1.31. The van der Waals surface area contributed by atoms with E-state index in [2.05, 4.69) is 11.2 Å². The molecule has 0 amide bonds. The highest BCUT2D eigenvalue weighted by atomic mass is 32.2. The summed E-state index contributed by atoms with van der Waals surface area (Å²) in [5, 5.41) is 3.02. The van der Waals surface area contributed by atoms with Gasteiger partial charge in [0.25, 0.3) is 0 Å². The first-order valence-corrected chi connectivity index (χ1v) is 5.86. The molecule has 70 valence electrons. The van der Waals surface area contributed by atoms with Crippen LogP contribution in [0.5, 0.6) is 0 Å². The minimum absolute atomic E-state index is 0.0200. The van der Waals surface area contributed by atoms with Gasteiger partial charge in [0.15, 0.2) is 0 Å². The molecule has 0 aliphatic rings. The third-order valence-corrected chi connectivity index (χ3v) is 2.42. The SMILES string of the molecule is C#CCCNC(C)CS(C)(=O)=O. The van der Waals surface area contributed by atoms with Crippen LogP contribution in [0, 0.1) is 12.3 Å². The van der Waals surface area contributed by atoms with Crippen LogP contribution in [0.15, 0.2) is 0 Å². The lowest BCUT2D eigenvalue weighted by molar-refractivity contribution is 0.565. The van der Waals surface area contributed by atoms with Crippen LogP contribution in [0.3, 0.4) is 0 Å². The van der Waals surface area contributed by atoms with Gasteiger partial charge in [0.05, 0.1) is 5.75 Å². The Bertz CT molecular complexity index is 251. The van der Waals surface area contributed by atoms with Crippen molar-refractivity contribution in [2.75, 3.05) is 18.6 Å². The Morgan fingerprint density at radius 2 is 2.17 bits per heavy atom. The molecule has 0 aliphatic heterocycles. The van der Waals surface area contributed by atoms with Crippen LogP contribution >= 0.6 is 0 Å². The summed E-state index contributed by atoms with van der Waals surface area (Å²) in [4.78, 5) is 0. The molecule has 0 aromatic carbocycles. The van der Waals surface area contributed by atoms with Crippen molar-refractivity contribution < 1.29 is 8.42 Å². The lowest BCUT2D eigenvalue weighted by atomic mass is 10.3. The van der Waals surface area contributed by atoms with Gasteiger partial charge >= 0.3 is 0 Å². The topological polar surface area (TPSA) is 46.2 Å². The Morgan fingerprint density at radius 3 is 2.58 bits per heavy atom. The molecule has 1 atom stereocenters. The molecule has 1 unspecified atom stereocenters. The maximum absolute atomic E-state index is 10.8. The Labute approximate surface area is 74.5 Å². The van der Waals surface area contributed by atoms with E-state index in [9.17, 15) is 8.42 Å². The van der Waals surface area contributed by atoms with E-state index in [0.29, 0.717) is 13.0 Å². The molecule has 0 heterocycles. The fourth-order valence-electron chi connectivity index (χ4n) is 0.904. The Morgan fingerprint density at radius 1 is 1.58 bits per heavy atom. The summed E-state index contributed by atoms with van der Waals surface area (Å²) in [6, 6.07) is -0.0200. The van der Waals surface area contributed by atoms with Gasteiger partial charge in [0, 0.05) is 25.3 Å². The molecular weight excluding hydrogens is 174 g/mol. The molecule has 0 bridgehead atoms. The molecular formula is C8H15NO2S. The standard InChI is InChI=1S/C8H15NO2S/c1-4-5-6-9-8(2)7-12(3,10)11/h1,8-9H,5-7H2,2-3H3. The molecule has 0 aromatic heterocycles. The maximum atomic E-state index is 10.8. The Balaban J connectivity index is 3.62. The van der Waals surface area contributed by atoms with E-state index in [1.807, 2.05) is 6.92 Å². The summed E-state index contributed by atoms with van der Waals surface area (Å²) in [5.41, 5.74) is 0. The normalized spacial score (nSPS) is 13.8. The van der Waals surface area contributed by atoms with Crippen molar-refractivity contribution in [1.29, 1.82) is 0 Å². The van der Waals surface area contributed by atoms with Gasteiger partial charge < -0.3 is 5.32 Å². The summed E-state index contributed by atoms with van der Waals surface area (Å²) in [7, 11) is -2.87. The molecule has 3 nitrogen and oxygen atoms in total. The zero-order valence-corrected chi connectivity index (χ0v) is 8.32. The number of hydrogen-bond acceptors (Lipinski definition) is 3. The predicted molar refractivity (Wildman–Crippen MR) is 50.6 cm³/mol. The molecule has 12 heavy (non-hydrogen) atoms. The summed E-state index contributed by atoms with van der Waals surface area (Å²) in [5.74, 6) is 2.64. The largest absolute Gasteiger partial charge is 0.312 e. The second kappa shape index (κ2) is 5.18. The first-order valence-electron chi connectivity index (χ1n) is 3.80. The molecule has 0 saturated heterocycles. The van der Waals surface area contributed by atoms with Crippen molar-refractivity contribution in [3.05, 3.63) is 0 Å². The monoisotopic (exact) mass is 189 g/mol. The molecule has 0 fully saturated rings. The van der Waals surface area contributed by atoms with Crippen LogP contribution in [0.25, 0.3) is 0 Å². The molecule has 0 saturated carbocycles. The zero-order chi connectivity index (χ0) is 9.61. The fourth-order valence-corrected chi connectivity index (χ4v) is 1.93. The third kappa shape index (κ3) is 7.58. The van der Waals surface area contributed by atoms with Gasteiger partial charge in [0.1, 0.15) is 9.84 Å². The predicted octanol–water partition coefficient (Wildman–Crippen LogP) is 0.0324. The van der Waals surface area contributed by atoms with Gasteiger partial charge in [-0.15, -0.1) is 12.3 Å². The van der Waals surface area contributed by atoms with E-state index >= 15 is 0 Å². The number of rotatable bonds is 5. The minimum Gasteiger partial charge on any atom is -0.312 e. The first kappa shape index (κ1) is 11.5. The number of hydrogen-bond donors (Lipinski definition) is 1. The fraction of sp³-hybridized carbons (Fsp3) is 0.750. The van der Waals surface area contributed by atoms with Gasteiger partial charge in [-0.2, -0.15) is 0 Å². The molecule has 1 N–H and O–H groups in total. The Hall–Kier alpha value is -0.530. The van der Waals surface area contributed by atoms with Gasteiger partial charge in [0.2, 0.25) is 0 Å².